The van der Waals surface area contributed by atoms with Crippen molar-refractivity contribution in [1.29, 1.82) is 0 Å². The van der Waals surface area contributed by atoms with Crippen LogP contribution >= 0.6 is 0 Å². The first-order valence-electron chi connectivity index (χ1n) is 7.58. The minimum Gasteiger partial charge on any atom is -0.267 e. The molecule has 0 saturated heterocycles. The number of hydrogen-bond donors (Lipinski definition) is 1. The first-order chi connectivity index (χ1) is 12.4. The minimum absolute atomic E-state index is 0.0449. The molecule has 1 amide bonds. The smallest absolute Gasteiger partial charge is 0.267 e. The van der Waals surface area contributed by atoms with E-state index in [4.69, 9.17) is 0 Å². The van der Waals surface area contributed by atoms with E-state index in [2.05, 4.69) is 5.10 Å². The van der Waals surface area contributed by atoms with Crippen LogP contribution in [0.25, 0.3) is 0 Å². The van der Waals surface area contributed by atoms with Gasteiger partial charge in [0.25, 0.3) is 5.91 Å². The molecule has 0 bridgehead atoms. The van der Waals surface area contributed by atoms with E-state index in [-0.39, 0.29) is 6.07 Å². The largest absolute Gasteiger partial charge is 0.416 e. The summed E-state index contributed by atoms with van der Waals surface area (Å²) in [5, 5.41) is 3.64. The number of carbonyl (C=O) groups is 1. The van der Waals surface area contributed by atoms with Gasteiger partial charge in [-0.15, -0.1) is 0 Å². The van der Waals surface area contributed by atoms with Gasteiger partial charge in [0.1, 0.15) is 0 Å². The Bertz CT molecular complexity index is 832. The molecule has 0 aliphatic rings. The van der Waals surface area contributed by atoms with Gasteiger partial charge in [0.2, 0.25) is 0 Å². The maximum Gasteiger partial charge on any atom is 0.416 e. The molecule has 0 aliphatic carbocycles. The Labute approximate surface area is 150 Å². The van der Waals surface area contributed by atoms with Crippen LogP contribution in [0.2, 0.25) is 0 Å². The van der Waals surface area contributed by atoms with Crippen molar-refractivity contribution >= 4 is 12.1 Å². The first kappa shape index (κ1) is 20.5. The van der Waals surface area contributed by atoms with Crippen LogP contribution in [0.3, 0.4) is 0 Å². The quantitative estimate of drug-likeness (QED) is 0.443. The number of amides is 1. The van der Waals surface area contributed by atoms with Gasteiger partial charge < -0.3 is 0 Å². The molecule has 3 nitrogen and oxygen atoms in total. The summed E-state index contributed by atoms with van der Waals surface area (Å²) >= 11 is 0. The van der Waals surface area contributed by atoms with E-state index in [1.54, 1.807) is 26.0 Å². The van der Waals surface area contributed by atoms with E-state index in [0.29, 0.717) is 17.7 Å². The van der Waals surface area contributed by atoms with Crippen molar-refractivity contribution in [3.05, 3.63) is 69.8 Å². The van der Waals surface area contributed by atoms with Crippen LogP contribution in [-0.2, 0) is 12.4 Å². The Morgan fingerprint density at radius 1 is 0.926 bits per heavy atom. The SMILES string of the molecule is Cc1cccc(C)c1/C=N/NC(=O)c1cc(C(F)(F)F)cc(C(F)(F)F)c1. The molecule has 0 aromatic heterocycles. The summed E-state index contributed by atoms with van der Waals surface area (Å²) in [6.07, 6.45) is -8.78. The molecule has 0 heterocycles. The lowest BCUT2D eigenvalue weighted by Gasteiger charge is -2.13. The normalized spacial score (nSPS) is 12.4. The van der Waals surface area contributed by atoms with Gasteiger partial charge in [-0.3, -0.25) is 4.79 Å². The standard InChI is InChI=1S/C18H14F6N2O/c1-10-4-3-5-11(2)15(10)9-25-26-16(27)12-6-13(17(19,20)21)8-14(7-12)18(22,23)24/h3-9H,1-2H3,(H,26,27)/b25-9+. The lowest BCUT2D eigenvalue weighted by atomic mass is 10.0. The zero-order valence-corrected chi connectivity index (χ0v) is 14.2. The van der Waals surface area contributed by atoms with E-state index in [1.807, 2.05) is 11.5 Å². The van der Waals surface area contributed by atoms with Crippen LogP contribution in [0.5, 0.6) is 0 Å². The topological polar surface area (TPSA) is 41.5 Å². The number of halogens is 6. The molecule has 9 heteroatoms. The molecule has 0 atom stereocenters. The van der Waals surface area contributed by atoms with Gasteiger partial charge >= 0.3 is 12.4 Å². The summed E-state index contributed by atoms with van der Waals surface area (Å²) < 4.78 is 77.0. The van der Waals surface area contributed by atoms with E-state index in [1.165, 1.54) is 6.21 Å². The van der Waals surface area contributed by atoms with Gasteiger partial charge in [-0.25, -0.2) is 5.43 Å². The second-order valence-corrected chi connectivity index (χ2v) is 5.80. The second-order valence-electron chi connectivity index (χ2n) is 5.80. The fourth-order valence-electron chi connectivity index (χ4n) is 2.34. The zero-order chi connectivity index (χ0) is 20.4. The highest BCUT2D eigenvalue weighted by Gasteiger charge is 2.37. The van der Waals surface area contributed by atoms with E-state index in [0.717, 1.165) is 11.1 Å². The summed E-state index contributed by atoms with van der Waals surface area (Å²) in [7, 11) is 0. The Kier molecular flexibility index (Phi) is 5.62. The number of aryl methyl sites for hydroxylation is 2. The summed E-state index contributed by atoms with van der Waals surface area (Å²) in [5.41, 5.74) is 0.380. The van der Waals surface area contributed by atoms with Crippen LogP contribution < -0.4 is 5.43 Å². The van der Waals surface area contributed by atoms with Crippen molar-refractivity contribution in [3.8, 4) is 0 Å². The fraction of sp³-hybridized carbons (Fsp3) is 0.222. The number of alkyl halides is 6. The highest BCUT2D eigenvalue weighted by molar-refractivity contribution is 5.95. The Hall–Kier alpha value is -2.84. The fourth-order valence-corrected chi connectivity index (χ4v) is 2.34. The van der Waals surface area contributed by atoms with Crippen molar-refractivity contribution in [2.75, 3.05) is 0 Å². The highest BCUT2D eigenvalue weighted by atomic mass is 19.4. The molecular weight excluding hydrogens is 374 g/mol. The molecule has 0 radical (unpaired) electrons. The van der Waals surface area contributed by atoms with E-state index < -0.39 is 35.0 Å². The van der Waals surface area contributed by atoms with Crippen molar-refractivity contribution in [1.82, 2.24) is 5.43 Å². The van der Waals surface area contributed by atoms with E-state index in [9.17, 15) is 31.1 Å². The number of hydrazone groups is 1. The summed E-state index contributed by atoms with van der Waals surface area (Å²) in [5.74, 6) is -1.19. The molecule has 2 aromatic carbocycles. The van der Waals surface area contributed by atoms with Crippen LogP contribution in [0.15, 0.2) is 41.5 Å². The van der Waals surface area contributed by atoms with Crippen LogP contribution in [0.4, 0.5) is 26.3 Å². The molecule has 0 unspecified atom stereocenters. The molecule has 144 valence electrons. The molecule has 2 aromatic rings. The number of hydrogen-bond acceptors (Lipinski definition) is 2. The second kappa shape index (κ2) is 7.42. The first-order valence-corrected chi connectivity index (χ1v) is 7.58. The van der Waals surface area contributed by atoms with Crippen molar-refractivity contribution in [2.45, 2.75) is 26.2 Å². The Morgan fingerprint density at radius 3 is 1.85 bits per heavy atom. The van der Waals surface area contributed by atoms with Crippen molar-refractivity contribution < 1.29 is 31.1 Å². The molecule has 1 N–H and O–H groups in total. The van der Waals surface area contributed by atoms with E-state index >= 15 is 0 Å². The van der Waals surface area contributed by atoms with Crippen LogP contribution in [-0.4, -0.2) is 12.1 Å². The molecule has 2 rings (SSSR count). The summed E-state index contributed by atoms with van der Waals surface area (Å²) in [4.78, 5) is 12.0. The third-order valence-corrected chi connectivity index (χ3v) is 3.75. The number of carbonyl (C=O) groups excluding carboxylic acids is 1. The summed E-state index contributed by atoms with van der Waals surface area (Å²) in [6, 6.07) is 6.04. The predicted molar refractivity (Wildman–Crippen MR) is 87.4 cm³/mol. The van der Waals surface area contributed by atoms with Gasteiger partial charge in [0.15, 0.2) is 0 Å². The maximum absolute atomic E-state index is 12.8. The average Bonchev–Trinajstić information content (AvgIpc) is 2.55. The Morgan fingerprint density at radius 2 is 1.41 bits per heavy atom. The lowest BCUT2D eigenvalue weighted by Crippen LogP contribution is -2.20. The van der Waals surface area contributed by atoms with Gasteiger partial charge in [0.05, 0.1) is 17.3 Å². The third kappa shape index (κ3) is 5.08. The molecule has 0 spiro atoms. The van der Waals surface area contributed by atoms with Gasteiger partial charge in [-0.1, -0.05) is 18.2 Å². The molecule has 0 aliphatic heterocycles. The number of nitrogens with one attached hydrogen (secondary N) is 1. The Balaban J connectivity index is 2.31. The predicted octanol–water partition coefficient (Wildman–Crippen LogP) is 5.10. The third-order valence-electron chi connectivity index (χ3n) is 3.75. The number of benzene rings is 2. The average molecular weight is 388 g/mol. The van der Waals surface area contributed by atoms with Crippen molar-refractivity contribution in [3.63, 3.8) is 0 Å². The van der Waals surface area contributed by atoms with Crippen molar-refractivity contribution in [2.24, 2.45) is 5.10 Å². The van der Waals surface area contributed by atoms with Crippen LogP contribution in [0, 0.1) is 13.8 Å². The van der Waals surface area contributed by atoms with Crippen LogP contribution in [0.1, 0.15) is 38.2 Å². The number of rotatable bonds is 3. The van der Waals surface area contributed by atoms with Gasteiger partial charge in [-0.05, 0) is 43.2 Å². The monoisotopic (exact) mass is 388 g/mol. The lowest BCUT2D eigenvalue weighted by molar-refractivity contribution is -0.143. The molecule has 27 heavy (non-hydrogen) atoms. The summed E-state index contributed by atoms with van der Waals surface area (Å²) in [6.45, 7) is 3.58. The van der Waals surface area contributed by atoms with Gasteiger partial charge in [-0.2, -0.15) is 31.4 Å². The number of nitrogens with zero attached hydrogens (tertiary/aromatic N) is 1. The molecular formula is C18H14F6N2O. The minimum atomic E-state index is -5.03. The molecule has 0 fully saturated rings. The molecule has 0 saturated carbocycles. The van der Waals surface area contributed by atoms with Gasteiger partial charge in [0, 0.05) is 11.1 Å². The highest BCUT2D eigenvalue weighted by Crippen LogP contribution is 2.36. The zero-order valence-electron chi connectivity index (χ0n) is 14.2. The maximum atomic E-state index is 12.8.